The number of nitrogens with one attached hydrogen (secondary N) is 2. The van der Waals surface area contributed by atoms with Crippen molar-refractivity contribution < 1.29 is 14.4 Å². The third kappa shape index (κ3) is 5.86. The number of nitrogens with zero attached hydrogens (tertiary/aromatic N) is 4. The Balaban J connectivity index is 1.71. The molecule has 0 fully saturated rings. The van der Waals surface area contributed by atoms with Crippen molar-refractivity contribution in [2.45, 2.75) is 26.9 Å². The van der Waals surface area contributed by atoms with Crippen molar-refractivity contribution in [3.05, 3.63) is 70.7 Å². The number of urea groups is 1. The topological polar surface area (TPSA) is 107 Å². The van der Waals surface area contributed by atoms with Crippen molar-refractivity contribution >= 4 is 51.8 Å². The lowest BCUT2D eigenvalue weighted by Crippen LogP contribution is -2.50. The Labute approximate surface area is 220 Å². The van der Waals surface area contributed by atoms with E-state index >= 15 is 0 Å². The fourth-order valence-corrected chi connectivity index (χ4v) is 4.38. The summed E-state index contributed by atoms with van der Waals surface area (Å²) in [6.07, 6.45) is 0.391. The summed E-state index contributed by atoms with van der Waals surface area (Å²) in [5.74, 6) is -0.620. The average molecular weight is 519 g/mol. The van der Waals surface area contributed by atoms with Crippen LogP contribution in [0.4, 0.5) is 21.9 Å². The van der Waals surface area contributed by atoms with Gasteiger partial charge in [0.1, 0.15) is 10.7 Å². The summed E-state index contributed by atoms with van der Waals surface area (Å²) in [6.45, 7) is 5.29. The standard InChI is InChI=1S/C27H30N6O3S/c1-27(2,3)21(34)16-33-20-12-7-6-11-19(20)22(24-28-13-14-37-24)30-23(25(33)35)31-26(36)29-17-9-8-10-18(15-17)32(4)5/h6-15,23H,16H2,1-5H3,(H2,29,31,36). The predicted molar refractivity (Wildman–Crippen MR) is 148 cm³/mol. The van der Waals surface area contributed by atoms with E-state index in [0.717, 1.165) is 5.69 Å². The van der Waals surface area contributed by atoms with Crippen LogP contribution in [-0.4, -0.2) is 55.2 Å². The molecule has 1 unspecified atom stereocenters. The quantitative estimate of drug-likeness (QED) is 0.510. The van der Waals surface area contributed by atoms with Gasteiger partial charge in [-0.2, -0.15) is 0 Å². The maximum atomic E-state index is 13.8. The van der Waals surface area contributed by atoms with Gasteiger partial charge in [-0.25, -0.2) is 14.8 Å². The molecule has 0 bridgehead atoms. The van der Waals surface area contributed by atoms with Crippen LogP contribution >= 0.6 is 11.3 Å². The Morgan fingerprint density at radius 1 is 1.11 bits per heavy atom. The first-order chi connectivity index (χ1) is 17.5. The molecule has 2 N–H and O–H groups in total. The Bertz CT molecular complexity index is 1340. The molecule has 192 valence electrons. The second-order valence-electron chi connectivity index (χ2n) is 9.88. The second-order valence-corrected chi connectivity index (χ2v) is 10.8. The van der Waals surface area contributed by atoms with Crippen LogP contribution in [0.15, 0.2) is 65.1 Å². The average Bonchev–Trinajstić information content (AvgIpc) is 3.35. The van der Waals surface area contributed by atoms with Gasteiger partial charge in [-0.15, -0.1) is 11.3 Å². The normalized spacial score (nSPS) is 15.4. The number of hydrogen-bond donors (Lipinski definition) is 2. The molecule has 0 radical (unpaired) electrons. The molecular formula is C27H30N6O3S. The monoisotopic (exact) mass is 518 g/mol. The molecule has 3 amide bonds. The highest BCUT2D eigenvalue weighted by molar-refractivity contribution is 7.12. The second kappa shape index (κ2) is 10.5. The lowest BCUT2D eigenvalue weighted by molar-refractivity contribution is -0.127. The van der Waals surface area contributed by atoms with E-state index in [9.17, 15) is 14.4 Å². The van der Waals surface area contributed by atoms with E-state index in [0.29, 0.717) is 27.7 Å². The minimum absolute atomic E-state index is 0.114. The summed E-state index contributed by atoms with van der Waals surface area (Å²) < 4.78 is 0. The van der Waals surface area contributed by atoms with Gasteiger partial charge >= 0.3 is 6.03 Å². The van der Waals surface area contributed by atoms with Crippen molar-refractivity contribution in [3.63, 3.8) is 0 Å². The minimum Gasteiger partial charge on any atom is -0.378 e. The number of aliphatic imine (C=N–C) groups is 1. The van der Waals surface area contributed by atoms with E-state index in [4.69, 9.17) is 0 Å². The highest BCUT2D eigenvalue weighted by Crippen LogP contribution is 2.30. The minimum atomic E-state index is -1.27. The number of anilines is 3. The van der Waals surface area contributed by atoms with Gasteiger partial charge < -0.3 is 20.4 Å². The molecule has 37 heavy (non-hydrogen) atoms. The molecule has 2 aromatic carbocycles. The Morgan fingerprint density at radius 2 is 1.86 bits per heavy atom. The van der Waals surface area contributed by atoms with E-state index in [1.807, 2.05) is 75.5 Å². The smallest absolute Gasteiger partial charge is 0.321 e. The molecule has 2 heterocycles. The van der Waals surface area contributed by atoms with E-state index in [1.54, 1.807) is 24.4 Å². The molecule has 0 spiro atoms. The fraction of sp³-hybridized carbons (Fsp3) is 0.296. The van der Waals surface area contributed by atoms with Gasteiger partial charge in [-0.3, -0.25) is 9.59 Å². The number of para-hydroxylation sites is 1. The van der Waals surface area contributed by atoms with Gasteiger partial charge in [-0.1, -0.05) is 45.0 Å². The number of carbonyl (C=O) groups is 3. The summed E-state index contributed by atoms with van der Waals surface area (Å²) >= 11 is 1.38. The molecule has 4 rings (SSSR count). The molecule has 3 aromatic rings. The molecule has 0 saturated heterocycles. The van der Waals surface area contributed by atoms with E-state index < -0.39 is 23.5 Å². The third-order valence-electron chi connectivity index (χ3n) is 5.87. The molecule has 9 nitrogen and oxygen atoms in total. The van der Waals surface area contributed by atoms with Crippen LogP contribution in [0.1, 0.15) is 31.3 Å². The number of aromatic nitrogens is 1. The molecule has 10 heteroatoms. The number of benzene rings is 2. The summed E-state index contributed by atoms with van der Waals surface area (Å²) in [6, 6.07) is 14.0. The summed E-state index contributed by atoms with van der Waals surface area (Å²) in [5.41, 5.74) is 2.51. The van der Waals surface area contributed by atoms with E-state index in [1.165, 1.54) is 16.2 Å². The summed E-state index contributed by atoms with van der Waals surface area (Å²) in [7, 11) is 3.81. The van der Waals surface area contributed by atoms with E-state index in [2.05, 4.69) is 20.6 Å². The number of Topliss-reactive ketones (excluding diaryl/α,β-unsaturated/α-hetero) is 1. The maximum Gasteiger partial charge on any atom is 0.321 e. The van der Waals surface area contributed by atoms with Crippen LogP contribution in [-0.2, 0) is 9.59 Å². The fourth-order valence-electron chi connectivity index (χ4n) is 3.73. The van der Waals surface area contributed by atoms with Crippen molar-refractivity contribution in [1.29, 1.82) is 0 Å². The third-order valence-corrected chi connectivity index (χ3v) is 6.65. The van der Waals surface area contributed by atoms with Crippen molar-refractivity contribution in [2.75, 3.05) is 35.8 Å². The van der Waals surface area contributed by atoms with E-state index in [-0.39, 0.29) is 12.3 Å². The molecule has 1 aromatic heterocycles. The predicted octanol–water partition coefficient (Wildman–Crippen LogP) is 4.16. The van der Waals surface area contributed by atoms with Gasteiger partial charge in [0.15, 0.2) is 5.78 Å². The summed E-state index contributed by atoms with van der Waals surface area (Å²) in [4.78, 5) is 52.3. The van der Waals surface area contributed by atoms with Gasteiger partial charge in [0.05, 0.1) is 12.2 Å². The first kappa shape index (κ1) is 26.0. The van der Waals surface area contributed by atoms with Gasteiger partial charge in [0.25, 0.3) is 5.91 Å². The first-order valence-electron chi connectivity index (χ1n) is 11.8. The highest BCUT2D eigenvalue weighted by atomic mass is 32.1. The number of rotatable bonds is 6. The number of hydrogen-bond acceptors (Lipinski definition) is 7. The molecule has 0 aliphatic carbocycles. The van der Waals surface area contributed by atoms with Crippen LogP contribution in [0, 0.1) is 5.41 Å². The summed E-state index contributed by atoms with van der Waals surface area (Å²) in [5, 5.41) is 7.90. The maximum absolute atomic E-state index is 13.8. The van der Waals surface area contributed by atoms with Gasteiger partial charge in [0, 0.05) is 48.0 Å². The number of fused-ring (bicyclic) bond motifs is 1. The number of amides is 3. The van der Waals surface area contributed by atoms with Gasteiger partial charge in [-0.05, 0) is 24.3 Å². The van der Waals surface area contributed by atoms with Crippen LogP contribution in [0.25, 0.3) is 0 Å². The Kier molecular flexibility index (Phi) is 7.40. The lowest BCUT2D eigenvalue weighted by Gasteiger charge is -2.28. The van der Waals surface area contributed by atoms with Crippen LogP contribution in [0.2, 0.25) is 0 Å². The zero-order chi connectivity index (χ0) is 26.7. The number of ketones is 1. The van der Waals surface area contributed by atoms with Crippen molar-refractivity contribution in [3.8, 4) is 0 Å². The van der Waals surface area contributed by atoms with Crippen LogP contribution in [0.5, 0.6) is 0 Å². The molecular weight excluding hydrogens is 488 g/mol. The number of thiazole rings is 1. The largest absolute Gasteiger partial charge is 0.378 e. The Morgan fingerprint density at radius 3 is 2.54 bits per heavy atom. The zero-order valence-corrected chi connectivity index (χ0v) is 22.3. The molecule has 1 aliphatic rings. The molecule has 0 saturated carbocycles. The lowest BCUT2D eigenvalue weighted by atomic mass is 9.90. The molecule has 1 aliphatic heterocycles. The highest BCUT2D eigenvalue weighted by Gasteiger charge is 2.36. The number of carbonyl (C=O) groups excluding carboxylic acids is 3. The van der Waals surface area contributed by atoms with Crippen molar-refractivity contribution in [2.24, 2.45) is 10.4 Å². The van der Waals surface area contributed by atoms with Crippen molar-refractivity contribution in [1.82, 2.24) is 10.3 Å². The SMILES string of the molecule is CN(C)c1cccc(NC(=O)NC2N=C(c3nccs3)c3ccccc3N(CC(=O)C(C)(C)C)C2=O)c1. The van der Waals surface area contributed by atoms with Gasteiger partial charge in [0.2, 0.25) is 6.17 Å². The van der Waals surface area contributed by atoms with Crippen LogP contribution < -0.4 is 20.4 Å². The first-order valence-corrected chi connectivity index (χ1v) is 12.7. The van der Waals surface area contributed by atoms with Crippen LogP contribution in [0.3, 0.4) is 0 Å². The molecule has 1 atom stereocenters. The Hall–Kier alpha value is -4.05. The zero-order valence-electron chi connectivity index (χ0n) is 21.5. The number of benzodiazepines with no additional fused rings is 1.